The van der Waals surface area contributed by atoms with E-state index in [9.17, 15) is 4.79 Å². The number of methoxy groups -OCH3 is 1. The van der Waals surface area contributed by atoms with Gasteiger partial charge in [0.15, 0.2) is 5.96 Å². The van der Waals surface area contributed by atoms with Crippen LogP contribution < -0.4 is 16.0 Å². The van der Waals surface area contributed by atoms with Crippen LogP contribution in [0.15, 0.2) is 29.3 Å². The fourth-order valence-corrected chi connectivity index (χ4v) is 3.51. The number of carbonyl (C=O) groups is 1. The number of nitrogens with zero attached hydrogens (tertiary/aromatic N) is 1. The lowest BCUT2D eigenvalue weighted by Crippen LogP contribution is -2.46. The van der Waals surface area contributed by atoms with E-state index in [0.29, 0.717) is 17.5 Å². The van der Waals surface area contributed by atoms with E-state index in [2.05, 4.69) is 29.8 Å². The summed E-state index contributed by atoms with van der Waals surface area (Å²) in [6, 6.07) is 7.89. The molecule has 1 aliphatic rings. The van der Waals surface area contributed by atoms with Crippen LogP contribution in [0.5, 0.6) is 0 Å². The first kappa shape index (κ1) is 23.2. The molecule has 1 atom stereocenters. The van der Waals surface area contributed by atoms with Crippen molar-refractivity contribution < 1.29 is 9.53 Å². The van der Waals surface area contributed by atoms with Crippen LogP contribution in [0.3, 0.4) is 0 Å². The van der Waals surface area contributed by atoms with E-state index in [1.54, 1.807) is 7.11 Å². The van der Waals surface area contributed by atoms with Gasteiger partial charge in [-0.1, -0.05) is 25.5 Å². The summed E-state index contributed by atoms with van der Waals surface area (Å²) in [7, 11) is 1.77. The molecule has 0 aliphatic heterocycles. The van der Waals surface area contributed by atoms with E-state index in [0.717, 1.165) is 44.1 Å². The number of hydrogen-bond donors (Lipinski definition) is 3. The first-order valence-corrected chi connectivity index (χ1v) is 10.9. The fraction of sp³-hybridized carbons (Fsp3) is 0.652. The average Bonchev–Trinajstić information content (AvgIpc) is 2.70. The molecule has 1 fully saturated rings. The highest BCUT2D eigenvalue weighted by Gasteiger charge is 2.36. The summed E-state index contributed by atoms with van der Waals surface area (Å²) < 4.78 is 5.29. The summed E-state index contributed by atoms with van der Waals surface area (Å²) in [6.45, 7) is 9.22. The normalized spacial score (nSPS) is 16.6. The van der Waals surface area contributed by atoms with Gasteiger partial charge in [0, 0.05) is 38.4 Å². The summed E-state index contributed by atoms with van der Waals surface area (Å²) in [5.41, 5.74) is 2.04. The van der Waals surface area contributed by atoms with Crippen molar-refractivity contribution in [2.75, 3.05) is 26.8 Å². The SMILES string of the molecule is CCNC(=NCc1cccc(C(=O)NC(C)CC)c1)NCC1(CCOC)CCC1. The minimum absolute atomic E-state index is 0.0275. The lowest BCUT2D eigenvalue weighted by molar-refractivity contribution is 0.0732. The van der Waals surface area contributed by atoms with Crippen molar-refractivity contribution in [3.05, 3.63) is 35.4 Å². The largest absolute Gasteiger partial charge is 0.385 e. The molecule has 162 valence electrons. The maximum absolute atomic E-state index is 12.4. The van der Waals surface area contributed by atoms with Gasteiger partial charge in [0.1, 0.15) is 0 Å². The number of guanidine groups is 1. The smallest absolute Gasteiger partial charge is 0.251 e. The minimum Gasteiger partial charge on any atom is -0.385 e. The Bertz CT molecular complexity index is 671. The van der Waals surface area contributed by atoms with Gasteiger partial charge in [0.2, 0.25) is 0 Å². The molecular formula is C23H38N4O2. The Morgan fingerprint density at radius 2 is 2.07 bits per heavy atom. The third kappa shape index (κ3) is 7.35. The zero-order valence-corrected chi connectivity index (χ0v) is 18.5. The number of benzene rings is 1. The predicted octanol–water partition coefficient (Wildman–Crippen LogP) is 3.48. The molecule has 6 heteroatoms. The molecule has 0 radical (unpaired) electrons. The van der Waals surface area contributed by atoms with E-state index >= 15 is 0 Å². The number of aliphatic imine (C=N–C) groups is 1. The number of carbonyl (C=O) groups excluding carboxylic acids is 1. The van der Waals surface area contributed by atoms with Gasteiger partial charge < -0.3 is 20.7 Å². The monoisotopic (exact) mass is 402 g/mol. The van der Waals surface area contributed by atoms with Gasteiger partial charge in [0.05, 0.1) is 6.54 Å². The second-order valence-corrected chi connectivity index (χ2v) is 8.13. The van der Waals surface area contributed by atoms with Crippen molar-refractivity contribution in [3.8, 4) is 0 Å². The molecule has 1 aliphatic carbocycles. The molecule has 1 unspecified atom stereocenters. The lowest BCUT2D eigenvalue weighted by Gasteiger charge is -2.42. The summed E-state index contributed by atoms with van der Waals surface area (Å²) in [6.07, 6.45) is 5.79. The Hall–Kier alpha value is -2.08. The minimum atomic E-state index is -0.0275. The Balaban J connectivity index is 1.97. The van der Waals surface area contributed by atoms with Crippen LogP contribution >= 0.6 is 0 Å². The Morgan fingerprint density at radius 3 is 2.69 bits per heavy atom. The van der Waals surface area contributed by atoms with Gasteiger partial charge in [-0.15, -0.1) is 0 Å². The number of rotatable bonds is 11. The van der Waals surface area contributed by atoms with Crippen molar-refractivity contribution in [2.24, 2.45) is 10.4 Å². The van der Waals surface area contributed by atoms with Crippen LogP contribution in [-0.4, -0.2) is 44.7 Å². The van der Waals surface area contributed by atoms with Gasteiger partial charge in [-0.05, 0) is 62.6 Å². The number of amides is 1. The van der Waals surface area contributed by atoms with E-state index in [1.807, 2.05) is 31.2 Å². The molecule has 6 nitrogen and oxygen atoms in total. The number of nitrogens with one attached hydrogen (secondary N) is 3. The average molecular weight is 403 g/mol. The topological polar surface area (TPSA) is 74.8 Å². The molecule has 1 amide bonds. The first-order valence-electron chi connectivity index (χ1n) is 10.9. The van der Waals surface area contributed by atoms with Crippen molar-refractivity contribution in [2.45, 2.75) is 65.5 Å². The molecule has 0 spiro atoms. The van der Waals surface area contributed by atoms with Crippen molar-refractivity contribution >= 4 is 11.9 Å². The van der Waals surface area contributed by atoms with Crippen LogP contribution in [0, 0.1) is 5.41 Å². The molecule has 1 aromatic rings. The third-order valence-corrected chi connectivity index (χ3v) is 5.82. The maximum atomic E-state index is 12.4. The zero-order chi connectivity index (χ0) is 21.1. The molecule has 29 heavy (non-hydrogen) atoms. The molecule has 3 N–H and O–H groups in total. The quantitative estimate of drug-likeness (QED) is 0.391. The highest BCUT2D eigenvalue weighted by atomic mass is 16.5. The van der Waals surface area contributed by atoms with Gasteiger partial charge in [-0.25, -0.2) is 4.99 Å². The van der Waals surface area contributed by atoms with E-state index in [-0.39, 0.29) is 11.9 Å². The van der Waals surface area contributed by atoms with Crippen molar-refractivity contribution in [1.82, 2.24) is 16.0 Å². The Morgan fingerprint density at radius 1 is 1.28 bits per heavy atom. The molecule has 0 aromatic heterocycles. The molecule has 2 rings (SSSR count). The third-order valence-electron chi connectivity index (χ3n) is 5.82. The lowest BCUT2D eigenvalue weighted by atomic mass is 9.67. The van der Waals surface area contributed by atoms with Crippen LogP contribution in [0.1, 0.15) is 68.8 Å². The summed E-state index contributed by atoms with van der Waals surface area (Å²) in [5.74, 6) is 0.797. The number of hydrogen-bond acceptors (Lipinski definition) is 3. The standard InChI is InChI=1S/C23H38N4O2/c1-5-18(3)27-21(28)20-10-7-9-19(15-20)16-25-22(24-6-2)26-17-23(11-8-12-23)13-14-29-4/h7,9-10,15,18H,5-6,8,11-14,16-17H2,1-4H3,(H,27,28)(H2,24,25,26). The van der Waals surface area contributed by atoms with Gasteiger partial charge in [-0.2, -0.15) is 0 Å². The fourth-order valence-electron chi connectivity index (χ4n) is 3.51. The maximum Gasteiger partial charge on any atom is 0.251 e. The molecule has 0 bridgehead atoms. The van der Waals surface area contributed by atoms with E-state index in [1.165, 1.54) is 19.3 Å². The van der Waals surface area contributed by atoms with Gasteiger partial charge in [0.25, 0.3) is 5.91 Å². The molecule has 0 heterocycles. The highest BCUT2D eigenvalue weighted by molar-refractivity contribution is 5.94. The van der Waals surface area contributed by atoms with Gasteiger partial charge in [-0.3, -0.25) is 4.79 Å². The van der Waals surface area contributed by atoms with Crippen molar-refractivity contribution in [3.63, 3.8) is 0 Å². The Kier molecular flexibility index (Phi) is 9.45. The highest BCUT2D eigenvalue weighted by Crippen LogP contribution is 2.43. The van der Waals surface area contributed by atoms with Gasteiger partial charge >= 0.3 is 0 Å². The van der Waals surface area contributed by atoms with Crippen LogP contribution in [0.4, 0.5) is 0 Å². The van der Waals surface area contributed by atoms with Crippen molar-refractivity contribution in [1.29, 1.82) is 0 Å². The summed E-state index contributed by atoms with van der Waals surface area (Å²) in [4.78, 5) is 17.1. The Labute approximate surface area is 175 Å². The second-order valence-electron chi connectivity index (χ2n) is 8.13. The second kappa shape index (κ2) is 11.8. The number of ether oxygens (including phenoxy) is 1. The van der Waals surface area contributed by atoms with Crippen LogP contribution in [0.25, 0.3) is 0 Å². The van der Waals surface area contributed by atoms with E-state index < -0.39 is 0 Å². The molecular weight excluding hydrogens is 364 g/mol. The molecule has 1 aromatic carbocycles. The summed E-state index contributed by atoms with van der Waals surface area (Å²) in [5, 5.41) is 9.86. The zero-order valence-electron chi connectivity index (χ0n) is 18.5. The van der Waals surface area contributed by atoms with Crippen LogP contribution in [0.2, 0.25) is 0 Å². The summed E-state index contributed by atoms with van der Waals surface area (Å²) >= 11 is 0. The molecule has 1 saturated carbocycles. The molecule has 0 saturated heterocycles. The van der Waals surface area contributed by atoms with Crippen LogP contribution in [-0.2, 0) is 11.3 Å². The van der Waals surface area contributed by atoms with E-state index in [4.69, 9.17) is 9.73 Å². The predicted molar refractivity (Wildman–Crippen MR) is 119 cm³/mol. The first-order chi connectivity index (χ1) is 14.0.